The van der Waals surface area contributed by atoms with Crippen molar-refractivity contribution in [3.63, 3.8) is 0 Å². The van der Waals surface area contributed by atoms with Gasteiger partial charge in [-0.2, -0.15) is 0 Å². The Morgan fingerprint density at radius 1 is 1.41 bits per heavy atom. The van der Waals surface area contributed by atoms with Crippen molar-refractivity contribution in [2.45, 2.75) is 44.6 Å². The third-order valence-corrected chi connectivity index (χ3v) is 3.61. The second-order valence-electron chi connectivity index (χ2n) is 5.13. The molecule has 0 saturated heterocycles. The fraction of sp³-hybridized carbons (Fsp3) is 0.500. The van der Waals surface area contributed by atoms with E-state index in [4.69, 9.17) is 5.73 Å². The summed E-state index contributed by atoms with van der Waals surface area (Å²) in [5.41, 5.74) is 7.10. The maximum Gasteiger partial charge on any atom is 0.165 e. The highest BCUT2D eigenvalue weighted by molar-refractivity contribution is 5.98. The van der Waals surface area contributed by atoms with Crippen LogP contribution in [0.3, 0.4) is 0 Å². The fourth-order valence-corrected chi connectivity index (χ4v) is 2.57. The third kappa shape index (κ3) is 2.72. The number of ketones is 1. The van der Waals surface area contributed by atoms with Crippen molar-refractivity contribution in [3.05, 3.63) is 35.1 Å². The molecule has 1 aromatic rings. The smallest absolute Gasteiger partial charge is 0.165 e. The average molecular weight is 235 g/mol. The van der Waals surface area contributed by atoms with Crippen molar-refractivity contribution < 1.29 is 9.18 Å². The van der Waals surface area contributed by atoms with Crippen LogP contribution >= 0.6 is 0 Å². The van der Waals surface area contributed by atoms with E-state index in [9.17, 15) is 9.18 Å². The zero-order valence-electron chi connectivity index (χ0n) is 10.1. The van der Waals surface area contributed by atoms with Crippen LogP contribution in [-0.2, 0) is 0 Å². The van der Waals surface area contributed by atoms with E-state index in [1.54, 1.807) is 6.07 Å². The first-order chi connectivity index (χ1) is 8.00. The fourth-order valence-electron chi connectivity index (χ4n) is 2.57. The number of Topliss-reactive ketones (excluding diaryl/α,β-unsaturated/α-hetero) is 1. The molecule has 2 N–H and O–H groups in total. The van der Waals surface area contributed by atoms with Crippen LogP contribution in [0.5, 0.6) is 0 Å². The van der Waals surface area contributed by atoms with Gasteiger partial charge in [0.15, 0.2) is 5.78 Å². The number of benzene rings is 1. The Bertz CT molecular complexity index is 436. The monoisotopic (exact) mass is 235 g/mol. The molecule has 0 radical (unpaired) electrons. The first kappa shape index (κ1) is 12.2. The molecule has 2 nitrogen and oxygen atoms in total. The summed E-state index contributed by atoms with van der Waals surface area (Å²) in [6.07, 6.45) is 4.30. The summed E-state index contributed by atoms with van der Waals surface area (Å²) < 4.78 is 13.1. The Kier molecular flexibility index (Phi) is 3.29. The van der Waals surface area contributed by atoms with E-state index in [0.29, 0.717) is 12.0 Å². The van der Waals surface area contributed by atoms with Gasteiger partial charge in [-0.1, -0.05) is 18.9 Å². The summed E-state index contributed by atoms with van der Waals surface area (Å²) in [6.45, 7) is 1.82. The minimum atomic E-state index is -0.365. The molecule has 0 amide bonds. The van der Waals surface area contributed by atoms with Crippen LogP contribution in [0.4, 0.5) is 4.39 Å². The Labute approximate surface area is 101 Å². The van der Waals surface area contributed by atoms with Gasteiger partial charge in [0.2, 0.25) is 0 Å². The lowest BCUT2D eigenvalue weighted by molar-refractivity contribution is 0.0951. The van der Waals surface area contributed by atoms with E-state index in [0.717, 1.165) is 31.2 Å². The molecule has 0 unspecified atom stereocenters. The molecule has 0 atom stereocenters. The van der Waals surface area contributed by atoms with Crippen LogP contribution in [0.15, 0.2) is 18.2 Å². The van der Waals surface area contributed by atoms with Crippen molar-refractivity contribution in [1.82, 2.24) is 0 Å². The molecule has 0 heterocycles. The second kappa shape index (κ2) is 4.57. The molecule has 3 heteroatoms. The summed E-state index contributed by atoms with van der Waals surface area (Å²) in [7, 11) is 0. The SMILES string of the molecule is Cc1ccc(F)cc1C(=O)CC1(N)CCCC1. The van der Waals surface area contributed by atoms with Gasteiger partial charge in [0, 0.05) is 17.5 Å². The molecule has 92 valence electrons. The number of carbonyl (C=O) groups is 1. The quantitative estimate of drug-likeness (QED) is 0.818. The molecule has 0 aliphatic heterocycles. The predicted molar refractivity (Wildman–Crippen MR) is 65.5 cm³/mol. The van der Waals surface area contributed by atoms with Gasteiger partial charge in [-0.15, -0.1) is 0 Å². The molecule has 1 saturated carbocycles. The Hall–Kier alpha value is -1.22. The number of hydrogen-bond acceptors (Lipinski definition) is 2. The maximum atomic E-state index is 13.1. The van der Waals surface area contributed by atoms with Crippen molar-refractivity contribution in [3.8, 4) is 0 Å². The lowest BCUT2D eigenvalue weighted by Crippen LogP contribution is -2.38. The van der Waals surface area contributed by atoms with E-state index < -0.39 is 0 Å². The number of halogens is 1. The van der Waals surface area contributed by atoms with E-state index in [1.165, 1.54) is 12.1 Å². The van der Waals surface area contributed by atoms with E-state index >= 15 is 0 Å². The van der Waals surface area contributed by atoms with Crippen molar-refractivity contribution in [2.24, 2.45) is 5.73 Å². The molecule has 1 aliphatic carbocycles. The van der Waals surface area contributed by atoms with Gasteiger partial charge in [0.05, 0.1) is 0 Å². The number of nitrogens with two attached hydrogens (primary N) is 1. The summed E-state index contributed by atoms with van der Waals surface area (Å²) in [6, 6.07) is 4.33. The predicted octanol–water partition coefficient (Wildman–Crippen LogP) is 2.98. The van der Waals surface area contributed by atoms with Gasteiger partial charge in [-0.25, -0.2) is 4.39 Å². The number of hydrogen-bond donors (Lipinski definition) is 1. The van der Waals surface area contributed by atoms with Gasteiger partial charge in [0.25, 0.3) is 0 Å². The molecule has 1 aromatic carbocycles. The van der Waals surface area contributed by atoms with Gasteiger partial charge in [-0.3, -0.25) is 4.79 Å². The molecular weight excluding hydrogens is 217 g/mol. The van der Waals surface area contributed by atoms with Crippen LogP contribution in [0.1, 0.15) is 48.0 Å². The summed E-state index contributed by atoms with van der Waals surface area (Å²) in [5.74, 6) is -0.400. The molecule has 2 rings (SSSR count). The Morgan fingerprint density at radius 3 is 2.71 bits per heavy atom. The molecule has 0 bridgehead atoms. The van der Waals surface area contributed by atoms with Crippen LogP contribution in [0, 0.1) is 12.7 Å². The lowest BCUT2D eigenvalue weighted by Gasteiger charge is -2.22. The molecule has 1 fully saturated rings. The molecule has 0 spiro atoms. The lowest BCUT2D eigenvalue weighted by atomic mass is 9.89. The highest BCUT2D eigenvalue weighted by atomic mass is 19.1. The van der Waals surface area contributed by atoms with Gasteiger partial charge >= 0.3 is 0 Å². The zero-order chi connectivity index (χ0) is 12.5. The minimum absolute atomic E-state index is 0.0357. The van der Waals surface area contributed by atoms with Gasteiger partial charge in [-0.05, 0) is 37.5 Å². The average Bonchev–Trinajstić information content (AvgIpc) is 2.68. The standard InChI is InChI=1S/C14H18FNO/c1-10-4-5-11(15)8-12(10)13(17)9-14(16)6-2-3-7-14/h4-5,8H,2-3,6-7,9,16H2,1H3. The number of aryl methyl sites for hydroxylation is 1. The Balaban J connectivity index is 2.17. The van der Waals surface area contributed by atoms with Crippen LogP contribution in [0.2, 0.25) is 0 Å². The third-order valence-electron chi connectivity index (χ3n) is 3.61. The van der Waals surface area contributed by atoms with Crippen molar-refractivity contribution in [2.75, 3.05) is 0 Å². The van der Waals surface area contributed by atoms with E-state index in [-0.39, 0.29) is 17.1 Å². The highest BCUT2D eigenvalue weighted by Gasteiger charge is 2.32. The Morgan fingerprint density at radius 2 is 2.06 bits per heavy atom. The summed E-state index contributed by atoms with van der Waals surface area (Å²) >= 11 is 0. The minimum Gasteiger partial charge on any atom is -0.325 e. The highest BCUT2D eigenvalue weighted by Crippen LogP contribution is 2.31. The molecule has 0 aromatic heterocycles. The largest absolute Gasteiger partial charge is 0.325 e. The second-order valence-corrected chi connectivity index (χ2v) is 5.13. The first-order valence-corrected chi connectivity index (χ1v) is 6.08. The molecule has 1 aliphatic rings. The summed E-state index contributed by atoms with van der Waals surface area (Å²) in [5, 5.41) is 0. The van der Waals surface area contributed by atoms with E-state index in [2.05, 4.69) is 0 Å². The van der Waals surface area contributed by atoms with Crippen LogP contribution in [0.25, 0.3) is 0 Å². The zero-order valence-corrected chi connectivity index (χ0v) is 10.1. The van der Waals surface area contributed by atoms with Crippen molar-refractivity contribution >= 4 is 5.78 Å². The van der Waals surface area contributed by atoms with E-state index in [1.807, 2.05) is 6.92 Å². The number of carbonyl (C=O) groups excluding carboxylic acids is 1. The molecule has 17 heavy (non-hydrogen) atoms. The van der Waals surface area contributed by atoms with Crippen LogP contribution < -0.4 is 5.73 Å². The number of rotatable bonds is 3. The van der Waals surface area contributed by atoms with Crippen LogP contribution in [-0.4, -0.2) is 11.3 Å². The van der Waals surface area contributed by atoms with Gasteiger partial charge < -0.3 is 5.73 Å². The first-order valence-electron chi connectivity index (χ1n) is 6.08. The van der Waals surface area contributed by atoms with Gasteiger partial charge in [0.1, 0.15) is 5.82 Å². The molecular formula is C14H18FNO. The summed E-state index contributed by atoms with van der Waals surface area (Å²) in [4.78, 5) is 12.1. The normalized spacial score (nSPS) is 18.3. The topological polar surface area (TPSA) is 43.1 Å². The van der Waals surface area contributed by atoms with Crippen molar-refractivity contribution in [1.29, 1.82) is 0 Å². The maximum absolute atomic E-state index is 13.1.